The lowest BCUT2D eigenvalue weighted by Gasteiger charge is -2.15. The zero-order valence-electron chi connectivity index (χ0n) is 32.8. The summed E-state index contributed by atoms with van der Waals surface area (Å²) in [6.45, 7) is 0. The predicted octanol–water partition coefficient (Wildman–Crippen LogP) is 14.8. The summed E-state index contributed by atoms with van der Waals surface area (Å²) in [6.07, 6.45) is 0. The Morgan fingerprint density at radius 2 is 0.806 bits per heavy atom. The van der Waals surface area contributed by atoms with Gasteiger partial charge >= 0.3 is 0 Å². The third-order valence-electron chi connectivity index (χ3n) is 12.4. The van der Waals surface area contributed by atoms with E-state index >= 15 is 0 Å². The van der Waals surface area contributed by atoms with Crippen molar-refractivity contribution in [3.63, 3.8) is 0 Å². The molecule has 0 saturated heterocycles. The standard InChI is InChI=1S/C55H30N4O3/c1-2-12-32-28-45-43(27-31(32)11-1)35-13-3-7-17-44(35)59(45)51-42(26-25-41-38-16-6-10-20-48(38)62-52(41)51)55-57-53(33-21-23-39-36-14-4-8-18-46(36)60-49(39)29-33)56-54(58-55)34-22-24-40-37-15-5-9-19-47(37)61-50(40)30-34/h1-30H. The Balaban J connectivity index is 1.09. The number of aromatic nitrogens is 4. The summed E-state index contributed by atoms with van der Waals surface area (Å²) >= 11 is 0. The van der Waals surface area contributed by atoms with Gasteiger partial charge in [0.15, 0.2) is 23.1 Å². The molecule has 0 saturated carbocycles. The molecular formula is C55H30N4O3. The van der Waals surface area contributed by atoms with Gasteiger partial charge in [0.2, 0.25) is 0 Å². The maximum atomic E-state index is 6.92. The maximum absolute atomic E-state index is 6.92. The normalized spacial score (nSPS) is 12.2. The zero-order valence-corrected chi connectivity index (χ0v) is 32.8. The van der Waals surface area contributed by atoms with Crippen molar-refractivity contribution < 1.29 is 13.3 Å². The number of hydrogen-bond acceptors (Lipinski definition) is 6. The summed E-state index contributed by atoms with van der Waals surface area (Å²) in [5.41, 5.74) is 10.1. The van der Waals surface area contributed by atoms with Gasteiger partial charge in [-0.3, -0.25) is 0 Å². The molecule has 0 radical (unpaired) electrons. The number of para-hydroxylation sites is 4. The van der Waals surface area contributed by atoms with Gasteiger partial charge in [0, 0.05) is 59.8 Å². The van der Waals surface area contributed by atoms with Crippen molar-refractivity contribution in [2.45, 2.75) is 0 Å². The molecule has 14 rings (SSSR count). The molecule has 0 bridgehead atoms. The Morgan fingerprint density at radius 1 is 0.323 bits per heavy atom. The van der Waals surface area contributed by atoms with E-state index < -0.39 is 0 Å². The fourth-order valence-electron chi connectivity index (χ4n) is 9.56. The quantitative estimate of drug-likeness (QED) is 0.176. The van der Waals surface area contributed by atoms with Gasteiger partial charge in [-0.05, 0) is 83.6 Å². The minimum atomic E-state index is 0.503. The monoisotopic (exact) mass is 794 g/mol. The first-order valence-electron chi connectivity index (χ1n) is 20.7. The molecule has 0 fully saturated rings. The van der Waals surface area contributed by atoms with Crippen LogP contribution in [0.3, 0.4) is 0 Å². The molecule has 7 nitrogen and oxygen atoms in total. The molecule has 7 heteroatoms. The Hall–Kier alpha value is -8.55. The smallest absolute Gasteiger partial charge is 0.166 e. The molecule has 0 unspecified atom stereocenters. The van der Waals surface area contributed by atoms with E-state index in [2.05, 4.69) is 126 Å². The first-order chi connectivity index (χ1) is 30.7. The number of rotatable bonds is 4. The average Bonchev–Trinajstić information content (AvgIpc) is 4.09. The topological polar surface area (TPSA) is 83.0 Å². The molecule has 0 spiro atoms. The summed E-state index contributed by atoms with van der Waals surface area (Å²) in [7, 11) is 0. The summed E-state index contributed by atoms with van der Waals surface area (Å²) in [6, 6.07) is 62.7. The maximum Gasteiger partial charge on any atom is 0.166 e. The predicted molar refractivity (Wildman–Crippen MR) is 250 cm³/mol. The average molecular weight is 795 g/mol. The first-order valence-corrected chi connectivity index (χ1v) is 20.7. The highest BCUT2D eigenvalue weighted by molar-refractivity contribution is 6.17. The molecule has 5 heterocycles. The Morgan fingerprint density at radius 3 is 1.45 bits per heavy atom. The summed E-state index contributed by atoms with van der Waals surface area (Å²) in [5.74, 6) is 1.53. The molecule has 0 amide bonds. The van der Waals surface area contributed by atoms with E-state index in [1.807, 2.05) is 60.7 Å². The molecule has 288 valence electrons. The van der Waals surface area contributed by atoms with E-state index in [0.29, 0.717) is 17.5 Å². The number of nitrogens with zero attached hydrogens (tertiary/aromatic N) is 4. The van der Waals surface area contributed by atoms with Crippen LogP contribution in [0.4, 0.5) is 0 Å². The van der Waals surface area contributed by atoms with Crippen molar-refractivity contribution in [3.05, 3.63) is 182 Å². The largest absolute Gasteiger partial charge is 0.456 e. The molecule has 62 heavy (non-hydrogen) atoms. The SMILES string of the molecule is c1ccc2cc3c(cc2c1)c1ccccc1n3-c1c(-c2nc(-c3ccc4c(c3)oc3ccccc34)nc(-c3ccc4c(c3)oc3ccccc34)n2)ccc2c1oc1ccccc12. The van der Waals surface area contributed by atoms with Crippen LogP contribution in [0.25, 0.3) is 138 Å². The van der Waals surface area contributed by atoms with Crippen molar-refractivity contribution in [2.75, 3.05) is 0 Å². The van der Waals surface area contributed by atoms with Gasteiger partial charge < -0.3 is 17.8 Å². The second-order valence-electron chi connectivity index (χ2n) is 15.9. The van der Waals surface area contributed by atoms with E-state index in [9.17, 15) is 0 Å². The third kappa shape index (κ3) is 4.78. The van der Waals surface area contributed by atoms with Crippen LogP contribution in [0.15, 0.2) is 195 Å². The molecule has 0 aliphatic heterocycles. The Labute approximate surface area is 351 Å². The van der Waals surface area contributed by atoms with Crippen LogP contribution in [0.1, 0.15) is 0 Å². The van der Waals surface area contributed by atoms with Crippen LogP contribution >= 0.6 is 0 Å². The van der Waals surface area contributed by atoms with Crippen LogP contribution < -0.4 is 0 Å². The number of hydrogen-bond donors (Lipinski definition) is 0. The van der Waals surface area contributed by atoms with Gasteiger partial charge in [-0.1, -0.05) is 109 Å². The highest BCUT2D eigenvalue weighted by Crippen LogP contribution is 2.44. The van der Waals surface area contributed by atoms with Crippen LogP contribution in [0.2, 0.25) is 0 Å². The molecule has 0 aliphatic carbocycles. The highest BCUT2D eigenvalue weighted by Gasteiger charge is 2.25. The van der Waals surface area contributed by atoms with Crippen molar-refractivity contribution in [3.8, 4) is 39.9 Å². The van der Waals surface area contributed by atoms with E-state index in [-0.39, 0.29) is 0 Å². The van der Waals surface area contributed by atoms with Crippen LogP contribution in [-0.4, -0.2) is 19.5 Å². The molecule has 9 aromatic carbocycles. The van der Waals surface area contributed by atoms with Gasteiger partial charge in [-0.25, -0.2) is 15.0 Å². The number of fused-ring (bicyclic) bond motifs is 13. The Kier molecular flexibility index (Phi) is 6.71. The van der Waals surface area contributed by atoms with Crippen LogP contribution in [-0.2, 0) is 0 Å². The van der Waals surface area contributed by atoms with Gasteiger partial charge in [0.25, 0.3) is 0 Å². The van der Waals surface area contributed by atoms with Crippen molar-refractivity contribution in [2.24, 2.45) is 0 Å². The van der Waals surface area contributed by atoms with Gasteiger partial charge in [0.05, 0.1) is 11.0 Å². The molecule has 0 N–H and O–H groups in total. The third-order valence-corrected chi connectivity index (χ3v) is 12.4. The van der Waals surface area contributed by atoms with E-state index in [4.69, 9.17) is 28.2 Å². The molecule has 5 aromatic heterocycles. The highest BCUT2D eigenvalue weighted by atomic mass is 16.3. The Bertz CT molecular complexity index is 4060. The fourth-order valence-corrected chi connectivity index (χ4v) is 9.56. The lowest BCUT2D eigenvalue weighted by molar-refractivity contribution is 0.666. The lowest BCUT2D eigenvalue weighted by Crippen LogP contribution is -2.04. The van der Waals surface area contributed by atoms with Crippen molar-refractivity contribution in [1.82, 2.24) is 19.5 Å². The van der Waals surface area contributed by atoms with Gasteiger partial charge in [-0.2, -0.15) is 0 Å². The number of furan rings is 3. The van der Waals surface area contributed by atoms with Gasteiger partial charge in [0.1, 0.15) is 33.6 Å². The second-order valence-corrected chi connectivity index (χ2v) is 15.9. The summed E-state index contributed by atoms with van der Waals surface area (Å²) in [5, 5.41) is 10.9. The summed E-state index contributed by atoms with van der Waals surface area (Å²) < 4.78 is 22.0. The van der Waals surface area contributed by atoms with Crippen LogP contribution in [0.5, 0.6) is 0 Å². The fraction of sp³-hybridized carbons (Fsp3) is 0. The van der Waals surface area contributed by atoms with E-state index in [1.54, 1.807) is 0 Å². The molecule has 0 aliphatic rings. The summed E-state index contributed by atoms with van der Waals surface area (Å²) in [4.78, 5) is 15.9. The second kappa shape index (κ2) is 12.5. The lowest BCUT2D eigenvalue weighted by atomic mass is 10.0. The first kappa shape index (κ1) is 33.3. The van der Waals surface area contributed by atoms with E-state index in [1.165, 1.54) is 5.39 Å². The number of benzene rings is 9. The molecule has 14 aromatic rings. The molecular weight excluding hydrogens is 765 g/mol. The van der Waals surface area contributed by atoms with Crippen molar-refractivity contribution in [1.29, 1.82) is 0 Å². The van der Waals surface area contributed by atoms with Crippen LogP contribution in [0, 0.1) is 0 Å². The molecule has 0 atom stereocenters. The van der Waals surface area contributed by atoms with E-state index in [0.717, 1.165) is 115 Å². The minimum absolute atomic E-state index is 0.503. The zero-order chi connectivity index (χ0) is 40.5. The van der Waals surface area contributed by atoms with Crippen molar-refractivity contribution >= 4 is 98.4 Å². The minimum Gasteiger partial charge on any atom is -0.456 e. The van der Waals surface area contributed by atoms with Gasteiger partial charge in [-0.15, -0.1) is 0 Å².